The van der Waals surface area contributed by atoms with E-state index in [0.717, 1.165) is 36.8 Å². The average Bonchev–Trinajstić information content (AvgIpc) is 3.13. The molecule has 184 valence electrons. The summed E-state index contributed by atoms with van der Waals surface area (Å²) >= 11 is 5.46. The second kappa shape index (κ2) is 11.4. The summed E-state index contributed by atoms with van der Waals surface area (Å²) in [5.74, 6) is 0.604. The van der Waals surface area contributed by atoms with Crippen molar-refractivity contribution in [1.29, 1.82) is 0 Å². The van der Waals surface area contributed by atoms with Crippen LogP contribution >= 0.6 is 12.2 Å². The minimum Gasteiger partial charge on any atom is -0.490 e. The Morgan fingerprint density at radius 1 is 1.11 bits per heavy atom. The highest BCUT2D eigenvalue weighted by Crippen LogP contribution is 2.31. The molecule has 2 N–H and O–H groups in total. The van der Waals surface area contributed by atoms with Gasteiger partial charge < -0.3 is 20.1 Å². The summed E-state index contributed by atoms with van der Waals surface area (Å²) in [5.41, 5.74) is 3.06. The number of thiocarbonyl (C=S) groups is 1. The maximum atomic E-state index is 13.1. The largest absolute Gasteiger partial charge is 0.490 e. The van der Waals surface area contributed by atoms with E-state index in [0.29, 0.717) is 34.6 Å². The fraction of sp³-hybridized carbons (Fsp3) is 0.370. The van der Waals surface area contributed by atoms with Crippen LogP contribution in [0.2, 0.25) is 0 Å². The number of carbonyl (C=O) groups is 2. The van der Waals surface area contributed by atoms with Crippen LogP contribution in [-0.2, 0) is 9.59 Å². The first-order chi connectivity index (χ1) is 16.9. The maximum absolute atomic E-state index is 13.1. The minimum absolute atomic E-state index is 0.0898. The lowest BCUT2D eigenvalue weighted by molar-refractivity contribution is -0.124. The van der Waals surface area contributed by atoms with Gasteiger partial charge in [-0.1, -0.05) is 43.0 Å². The van der Waals surface area contributed by atoms with Gasteiger partial charge in [0, 0.05) is 11.7 Å². The SMILES string of the molecule is CCOc1cc(/C=C2/NC(=S)N(C3CCCCC3)C2=O)ccc1OCC(=O)Nc1ccc(C)cc1. The lowest BCUT2D eigenvalue weighted by Crippen LogP contribution is -2.41. The molecule has 0 aromatic heterocycles. The van der Waals surface area contributed by atoms with Gasteiger partial charge in [-0.05, 0) is 74.8 Å². The van der Waals surface area contributed by atoms with E-state index in [2.05, 4.69) is 10.6 Å². The van der Waals surface area contributed by atoms with Crippen molar-refractivity contribution in [3.63, 3.8) is 0 Å². The van der Waals surface area contributed by atoms with Crippen LogP contribution < -0.4 is 20.1 Å². The number of anilines is 1. The van der Waals surface area contributed by atoms with Crippen LogP contribution in [0.1, 0.15) is 50.2 Å². The molecular weight excluding hydrogens is 462 g/mol. The van der Waals surface area contributed by atoms with E-state index in [1.54, 1.807) is 23.1 Å². The molecule has 0 radical (unpaired) electrons. The Balaban J connectivity index is 1.43. The van der Waals surface area contributed by atoms with Crippen LogP contribution in [0.25, 0.3) is 6.08 Å². The first kappa shape index (κ1) is 24.7. The molecule has 4 rings (SSSR count). The number of amides is 2. The summed E-state index contributed by atoms with van der Waals surface area (Å²) in [6.45, 7) is 4.15. The number of carbonyl (C=O) groups excluding carboxylic acids is 2. The number of hydrogen-bond donors (Lipinski definition) is 2. The second-order valence-corrected chi connectivity index (χ2v) is 9.18. The quantitative estimate of drug-likeness (QED) is 0.406. The van der Waals surface area contributed by atoms with Gasteiger partial charge in [-0.3, -0.25) is 14.5 Å². The van der Waals surface area contributed by atoms with E-state index in [-0.39, 0.29) is 24.5 Å². The standard InChI is InChI=1S/C27H31N3O4S/c1-3-33-24-16-19(15-22-26(32)30(27(35)29-22)21-7-5-4-6-8-21)11-14-23(24)34-17-25(31)28-20-12-9-18(2)10-13-20/h9-16,21H,3-8,17H2,1-2H3,(H,28,31)(H,29,35)/b22-15+. The van der Waals surface area contributed by atoms with Gasteiger partial charge in [-0.15, -0.1) is 0 Å². The molecule has 0 bridgehead atoms. The van der Waals surface area contributed by atoms with E-state index in [4.69, 9.17) is 21.7 Å². The summed E-state index contributed by atoms with van der Waals surface area (Å²) in [7, 11) is 0. The van der Waals surface area contributed by atoms with Gasteiger partial charge in [0.05, 0.1) is 6.61 Å². The van der Waals surface area contributed by atoms with Gasteiger partial charge in [0.25, 0.3) is 11.8 Å². The summed E-state index contributed by atoms with van der Waals surface area (Å²) in [6.07, 6.45) is 7.20. The molecular formula is C27H31N3O4S. The first-order valence-electron chi connectivity index (χ1n) is 12.1. The van der Waals surface area contributed by atoms with Crippen molar-refractivity contribution in [2.24, 2.45) is 0 Å². The van der Waals surface area contributed by atoms with Crippen LogP contribution in [0.4, 0.5) is 5.69 Å². The van der Waals surface area contributed by atoms with Crippen LogP contribution in [0.3, 0.4) is 0 Å². The molecule has 1 heterocycles. The molecule has 0 spiro atoms. The van der Waals surface area contributed by atoms with E-state index in [1.807, 2.05) is 44.2 Å². The third-order valence-corrected chi connectivity index (χ3v) is 6.42. The zero-order valence-electron chi connectivity index (χ0n) is 20.1. The molecule has 2 aromatic rings. The predicted octanol–water partition coefficient (Wildman–Crippen LogP) is 4.80. The molecule has 1 aliphatic carbocycles. The fourth-order valence-corrected chi connectivity index (χ4v) is 4.71. The summed E-state index contributed by atoms with van der Waals surface area (Å²) in [5, 5.41) is 6.36. The molecule has 2 aliphatic rings. The third-order valence-electron chi connectivity index (χ3n) is 6.12. The fourth-order valence-electron chi connectivity index (χ4n) is 4.37. The van der Waals surface area contributed by atoms with Gasteiger partial charge in [0.15, 0.2) is 23.2 Å². The zero-order chi connectivity index (χ0) is 24.8. The second-order valence-electron chi connectivity index (χ2n) is 8.80. The Labute approximate surface area is 211 Å². The Hall–Kier alpha value is -3.39. The summed E-state index contributed by atoms with van der Waals surface area (Å²) < 4.78 is 11.5. The average molecular weight is 494 g/mol. The molecule has 1 aliphatic heterocycles. The molecule has 35 heavy (non-hydrogen) atoms. The summed E-state index contributed by atoms with van der Waals surface area (Å²) in [4.78, 5) is 27.1. The van der Waals surface area contributed by atoms with Crippen molar-refractivity contribution in [2.75, 3.05) is 18.5 Å². The lowest BCUT2D eigenvalue weighted by Gasteiger charge is -2.29. The van der Waals surface area contributed by atoms with E-state index >= 15 is 0 Å². The molecule has 1 saturated heterocycles. The monoisotopic (exact) mass is 493 g/mol. The number of rotatable bonds is 8. The third kappa shape index (κ3) is 6.19. The molecule has 2 aromatic carbocycles. The van der Waals surface area contributed by atoms with Crippen molar-refractivity contribution >= 4 is 40.9 Å². The van der Waals surface area contributed by atoms with Crippen molar-refractivity contribution < 1.29 is 19.1 Å². The van der Waals surface area contributed by atoms with Crippen molar-refractivity contribution in [1.82, 2.24) is 10.2 Å². The number of nitrogens with zero attached hydrogens (tertiary/aromatic N) is 1. The highest BCUT2D eigenvalue weighted by molar-refractivity contribution is 7.80. The van der Waals surface area contributed by atoms with Gasteiger partial charge in [-0.25, -0.2) is 0 Å². The van der Waals surface area contributed by atoms with E-state index < -0.39 is 0 Å². The van der Waals surface area contributed by atoms with Gasteiger partial charge in [0.2, 0.25) is 0 Å². The van der Waals surface area contributed by atoms with Crippen molar-refractivity contribution in [3.8, 4) is 11.5 Å². The smallest absolute Gasteiger partial charge is 0.276 e. The minimum atomic E-state index is -0.264. The lowest BCUT2D eigenvalue weighted by atomic mass is 9.94. The van der Waals surface area contributed by atoms with Crippen LogP contribution in [0.5, 0.6) is 11.5 Å². The molecule has 2 fully saturated rings. The Kier molecular flexibility index (Phi) is 8.02. The van der Waals surface area contributed by atoms with Crippen LogP contribution in [0.15, 0.2) is 48.2 Å². The van der Waals surface area contributed by atoms with E-state index in [9.17, 15) is 9.59 Å². The van der Waals surface area contributed by atoms with Crippen LogP contribution in [0, 0.1) is 6.92 Å². The Morgan fingerprint density at radius 3 is 2.57 bits per heavy atom. The molecule has 1 saturated carbocycles. The number of aryl methyl sites for hydroxylation is 1. The van der Waals surface area contributed by atoms with Crippen molar-refractivity contribution in [3.05, 3.63) is 59.3 Å². The highest BCUT2D eigenvalue weighted by atomic mass is 32.1. The number of hydrogen-bond acceptors (Lipinski definition) is 5. The Bertz CT molecular complexity index is 1120. The van der Waals surface area contributed by atoms with Gasteiger partial charge in [-0.2, -0.15) is 0 Å². The van der Waals surface area contributed by atoms with Gasteiger partial charge in [0.1, 0.15) is 5.70 Å². The molecule has 2 amide bonds. The van der Waals surface area contributed by atoms with E-state index in [1.165, 1.54) is 6.42 Å². The molecule has 7 nitrogen and oxygen atoms in total. The molecule has 0 unspecified atom stereocenters. The number of ether oxygens (including phenoxy) is 2. The Morgan fingerprint density at radius 2 is 1.86 bits per heavy atom. The topological polar surface area (TPSA) is 79.9 Å². The highest BCUT2D eigenvalue weighted by Gasteiger charge is 2.36. The predicted molar refractivity (Wildman–Crippen MR) is 140 cm³/mol. The van der Waals surface area contributed by atoms with Crippen LogP contribution in [-0.4, -0.2) is 41.1 Å². The normalized spacial score (nSPS) is 17.4. The molecule has 0 atom stereocenters. The number of benzene rings is 2. The number of nitrogens with one attached hydrogen (secondary N) is 2. The molecule has 8 heteroatoms. The zero-order valence-corrected chi connectivity index (χ0v) is 21.0. The first-order valence-corrected chi connectivity index (χ1v) is 12.5. The van der Waals surface area contributed by atoms with Crippen molar-refractivity contribution in [2.45, 2.75) is 52.0 Å². The maximum Gasteiger partial charge on any atom is 0.276 e. The van der Waals surface area contributed by atoms with Gasteiger partial charge >= 0.3 is 0 Å². The summed E-state index contributed by atoms with van der Waals surface area (Å²) in [6, 6.07) is 13.1.